The Balaban J connectivity index is 2.21. The molecule has 0 saturated carbocycles. The first-order chi connectivity index (χ1) is 12.0. The van der Waals surface area contributed by atoms with Crippen LogP contribution in [-0.4, -0.2) is 59.8 Å². The molecule has 1 amide bonds. The second kappa shape index (κ2) is 8.10. The molecule has 1 aliphatic rings. The van der Waals surface area contributed by atoms with Gasteiger partial charge in [0.1, 0.15) is 16.6 Å². The van der Waals surface area contributed by atoms with Crippen LogP contribution in [0, 0.1) is 0 Å². The first-order valence-corrected chi connectivity index (χ1v) is 9.66. The lowest BCUT2D eigenvalue weighted by atomic mass is 10.0. The van der Waals surface area contributed by atoms with Gasteiger partial charge in [0, 0.05) is 25.1 Å². The second-order valence-electron chi connectivity index (χ2n) is 7.07. The molecule has 1 aromatic heterocycles. The maximum absolute atomic E-state index is 14.2. The van der Waals surface area contributed by atoms with E-state index in [0.29, 0.717) is 15.0 Å². The normalized spacial score (nSPS) is 18.2. The highest BCUT2D eigenvalue weighted by atomic mass is 79.9. The lowest BCUT2D eigenvalue weighted by Crippen LogP contribution is -2.50. The number of rotatable bonds is 5. The van der Waals surface area contributed by atoms with Crippen molar-refractivity contribution in [3.63, 3.8) is 0 Å². The molecular formula is C16H22BrFN2O5S. The van der Waals surface area contributed by atoms with E-state index in [2.05, 4.69) is 21.2 Å². The number of alkyl halides is 1. The number of nitrogens with zero attached hydrogens (tertiary/aromatic N) is 1. The van der Waals surface area contributed by atoms with E-state index < -0.39 is 36.5 Å². The molecule has 146 valence electrons. The molecule has 1 unspecified atom stereocenters. The van der Waals surface area contributed by atoms with E-state index in [1.165, 1.54) is 0 Å². The number of carboxylic acid groups (broad SMARTS) is 1. The number of carboxylic acids is 1. The second-order valence-corrected chi connectivity index (χ2v) is 9.41. The van der Waals surface area contributed by atoms with Crippen LogP contribution in [0.4, 0.5) is 14.9 Å². The average molecular weight is 453 g/mol. The minimum atomic E-state index is -1.17. The van der Waals surface area contributed by atoms with Crippen LogP contribution in [0.2, 0.25) is 0 Å². The fraction of sp³-hybridized carbons (Fsp3) is 0.625. The third kappa shape index (κ3) is 5.08. The van der Waals surface area contributed by atoms with Gasteiger partial charge in [-0.25, -0.2) is 14.0 Å². The molecule has 0 bridgehead atoms. The van der Waals surface area contributed by atoms with E-state index >= 15 is 0 Å². The minimum absolute atomic E-state index is 0.0110. The lowest BCUT2D eigenvalue weighted by Gasteiger charge is -2.34. The van der Waals surface area contributed by atoms with Gasteiger partial charge in [-0.15, -0.1) is 11.3 Å². The Bertz CT molecular complexity index is 691. The van der Waals surface area contributed by atoms with Gasteiger partial charge >= 0.3 is 12.1 Å². The van der Waals surface area contributed by atoms with Crippen LogP contribution in [0.25, 0.3) is 0 Å². The number of ether oxygens (including phenoxy) is 1. The average Bonchev–Trinajstić information content (AvgIpc) is 2.82. The number of aromatic carboxylic acids is 1. The molecule has 26 heavy (non-hydrogen) atoms. The maximum Gasteiger partial charge on any atom is 0.408 e. The number of hydrogen-bond donors (Lipinski definition) is 3. The number of fused-ring (bicyclic) bond motifs is 1. The molecule has 2 heterocycles. The number of aliphatic hydroxyl groups is 1. The molecule has 3 N–H and O–H groups in total. The summed E-state index contributed by atoms with van der Waals surface area (Å²) >= 11 is 4.34. The Kier molecular flexibility index (Phi) is 6.51. The number of anilines is 1. The van der Waals surface area contributed by atoms with Crippen LogP contribution in [0.15, 0.2) is 3.79 Å². The van der Waals surface area contributed by atoms with Crippen molar-refractivity contribution >= 4 is 45.0 Å². The predicted molar refractivity (Wildman–Crippen MR) is 100 cm³/mol. The molecule has 10 heteroatoms. The number of carbonyl (C=O) groups excluding carboxylic acids is 1. The summed E-state index contributed by atoms with van der Waals surface area (Å²) in [5.74, 6) is -1.10. The molecule has 0 aliphatic carbocycles. The third-order valence-corrected chi connectivity index (χ3v) is 5.63. The molecule has 1 aromatic rings. The summed E-state index contributed by atoms with van der Waals surface area (Å²) in [5, 5.41) is 21.6. The molecule has 2 atom stereocenters. The van der Waals surface area contributed by atoms with Crippen molar-refractivity contribution in [2.75, 3.05) is 24.6 Å². The predicted octanol–water partition coefficient (Wildman–Crippen LogP) is 2.80. The van der Waals surface area contributed by atoms with Crippen molar-refractivity contribution in [1.29, 1.82) is 0 Å². The standard InChI is InChI=1S/C16H22BrFN2O5S/c1-16(2,3)25-15(24)19-9(7-21)6-20-5-8(18)4-10-11(20)12(14(22)23)26-13(10)17/h8-9,21H,4-7H2,1-3H3,(H,19,24)(H,22,23)/t8-,9?/m1/s1. The SMILES string of the molecule is CC(C)(C)OC(=O)NC(CO)CN1C[C@H](F)Cc2c(Br)sc(C(=O)O)c21. The molecule has 0 spiro atoms. The number of hydrogen-bond acceptors (Lipinski definition) is 6. The molecule has 7 nitrogen and oxygen atoms in total. The monoisotopic (exact) mass is 452 g/mol. The summed E-state index contributed by atoms with van der Waals surface area (Å²) in [6.07, 6.45) is -1.74. The van der Waals surface area contributed by atoms with E-state index in [9.17, 15) is 24.2 Å². The van der Waals surface area contributed by atoms with E-state index in [4.69, 9.17) is 4.74 Å². The van der Waals surface area contributed by atoms with Gasteiger partial charge in [0.25, 0.3) is 0 Å². The summed E-state index contributed by atoms with van der Waals surface area (Å²) < 4.78 is 19.9. The summed E-state index contributed by atoms with van der Waals surface area (Å²) in [6, 6.07) is -0.733. The molecule has 0 fully saturated rings. The number of halogens is 2. The number of alkyl carbamates (subject to hydrolysis) is 1. The van der Waals surface area contributed by atoms with Crippen LogP contribution < -0.4 is 10.2 Å². The Morgan fingerprint density at radius 1 is 1.50 bits per heavy atom. The largest absolute Gasteiger partial charge is 0.477 e. The summed E-state index contributed by atoms with van der Waals surface area (Å²) in [5.41, 5.74) is 0.342. The molecule has 0 saturated heterocycles. The van der Waals surface area contributed by atoms with E-state index in [1.54, 1.807) is 25.7 Å². The number of amides is 1. The van der Waals surface area contributed by atoms with Gasteiger partial charge in [0.2, 0.25) is 0 Å². The van der Waals surface area contributed by atoms with Gasteiger partial charge in [-0.3, -0.25) is 0 Å². The van der Waals surface area contributed by atoms with Gasteiger partial charge in [0.05, 0.1) is 22.1 Å². The molecule has 2 rings (SSSR count). The minimum Gasteiger partial charge on any atom is -0.477 e. The zero-order chi connectivity index (χ0) is 19.6. The number of aliphatic hydroxyl groups excluding tert-OH is 1. The molecular weight excluding hydrogens is 431 g/mol. The Morgan fingerprint density at radius 3 is 2.69 bits per heavy atom. The Hall–Kier alpha value is -1.39. The van der Waals surface area contributed by atoms with E-state index in [1.807, 2.05) is 0 Å². The van der Waals surface area contributed by atoms with Crippen molar-refractivity contribution in [2.24, 2.45) is 0 Å². The number of nitrogens with one attached hydrogen (secondary N) is 1. The van der Waals surface area contributed by atoms with Crippen molar-refractivity contribution in [2.45, 2.75) is 45.0 Å². The fourth-order valence-electron chi connectivity index (χ4n) is 2.76. The van der Waals surface area contributed by atoms with Crippen molar-refractivity contribution in [3.8, 4) is 0 Å². The third-order valence-electron chi connectivity index (χ3n) is 3.67. The topological polar surface area (TPSA) is 99.1 Å². The Labute approximate surface area is 163 Å². The van der Waals surface area contributed by atoms with Crippen LogP contribution in [0.5, 0.6) is 0 Å². The smallest absolute Gasteiger partial charge is 0.408 e. The first-order valence-electron chi connectivity index (χ1n) is 8.05. The van der Waals surface area contributed by atoms with Gasteiger partial charge in [-0.2, -0.15) is 0 Å². The van der Waals surface area contributed by atoms with Crippen molar-refractivity contribution < 1.29 is 28.9 Å². The van der Waals surface area contributed by atoms with Crippen LogP contribution in [0.3, 0.4) is 0 Å². The van der Waals surface area contributed by atoms with Crippen LogP contribution in [0.1, 0.15) is 36.0 Å². The summed E-state index contributed by atoms with van der Waals surface area (Å²) in [6.45, 7) is 4.80. The summed E-state index contributed by atoms with van der Waals surface area (Å²) in [7, 11) is 0. The van der Waals surface area contributed by atoms with Gasteiger partial charge in [-0.1, -0.05) is 0 Å². The zero-order valence-electron chi connectivity index (χ0n) is 14.7. The summed E-state index contributed by atoms with van der Waals surface area (Å²) in [4.78, 5) is 25.1. The molecule has 0 aromatic carbocycles. The molecule has 0 radical (unpaired) electrons. The fourth-order valence-corrected chi connectivity index (χ4v) is 4.51. The van der Waals surface area contributed by atoms with Crippen molar-refractivity contribution in [3.05, 3.63) is 14.2 Å². The molecule has 1 aliphatic heterocycles. The zero-order valence-corrected chi connectivity index (χ0v) is 17.1. The van der Waals surface area contributed by atoms with Crippen molar-refractivity contribution in [1.82, 2.24) is 5.32 Å². The first kappa shape index (κ1) is 20.9. The number of thiophene rings is 1. The quantitative estimate of drug-likeness (QED) is 0.634. The highest BCUT2D eigenvalue weighted by Crippen LogP contribution is 2.43. The highest BCUT2D eigenvalue weighted by molar-refractivity contribution is 9.11. The van der Waals surface area contributed by atoms with Crippen LogP contribution >= 0.6 is 27.3 Å². The maximum atomic E-state index is 14.2. The van der Waals surface area contributed by atoms with E-state index in [-0.39, 0.29) is 24.4 Å². The van der Waals surface area contributed by atoms with Gasteiger partial charge in [-0.05, 0) is 36.7 Å². The highest BCUT2D eigenvalue weighted by Gasteiger charge is 2.34. The number of carbonyl (C=O) groups is 2. The Morgan fingerprint density at radius 2 is 2.15 bits per heavy atom. The lowest BCUT2D eigenvalue weighted by molar-refractivity contribution is 0.0484. The van der Waals surface area contributed by atoms with E-state index in [0.717, 1.165) is 11.3 Å². The van der Waals surface area contributed by atoms with Gasteiger partial charge in [0.15, 0.2) is 0 Å². The van der Waals surface area contributed by atoms with Gasteiger partial charge < -0.3 is 25.2 Å². The van der Waals surface area contributed by atoms with Crippen LogP contribution in [-0.2, 0) is 11.2 Å².